The quantitative estimate of drug-likeness (QED) is 0.556. The predicted octanol–water partition coefficient (Wildman–Crippen LogP) is 1.80. The molecule has 0 heterocycles. The van der Waals surface area contributed by atoms with Gasteiger partial charge in [0.15, 0.2) is 0 Å². The molecule has 0 bridgehead atoms. The Bertz CT molecular complexity index is 893. The Balaban J connectivity index is 2.35. The number of nitrogens with zero attached hydrogens (tertiary/aromatic N) is 1. The summed E-state index contributed by atoms with van der Waals surface area (Å²) >= 11 is 0. The first-order valence-corrected chi connectivity index (χ1v) is 7.52. The zero-order chi connectivity index (χ0) is 17.2. The number of sulfonamides is 1. The molecule has 0 saturated carbocycles. The summed E-state index contributed by atoms with van der Waals surface area (Å²) in [5.41, 5.74) is -0.862. The van der Waals surface area contributed by atoms with Gasteiger partial charge in [0, 0.05) is 18.2 Å². The van der Waals surface area contributed by atoms with Gasteiger partial charge in [-0.2, -0.15) is 0 Å². The molecule has 10 heteroatoms. The maximum Gasteiger partial charge on any atom is 0.339 e. The molecule has 0 atom stereocenters. The molecule has 0 radical (unpaired) electrons. The number of nitro benzene ring substituents is 1. The average molecular weight is 338 g/mol. The summed E-state index contributed by atoms with van der Waals surface area (Å²) in [4.78, 5) is 20.4. The SMILES string of the molecule is O=C(O)c1ccc(NS(=O)(=O)c2cccc([N+](=O)[O-])c2)cc1O. The van der Waals surface area contributed by atoms with Crippen molar-refractivity contribution in [2.45, 2.75) is 4.90 Å². The van der Waals surface area contributed by atoms with E-state index in [0.717, 1.165) is 30.3 Å². The molecule has 0 aliphatic carbocycles. The molecule has 0 saturated heterocycles. The molecule has 2 rings (SSSR count). The number of aromatic hydroxyl groups is 1. The highest BCUT2D eigenvalue weighted by molar-refractivity contribution is 7.92. The first-order valence-electron chi connectivity index (χ1n) is 6.04. The number of carbonyl (C=O) groups is 1. The topological polar surface area (TPSA) is 147 Å². The number of nitrogens with one attached hydrogen (secondary N) is 1. The van der Waals surface area contributed by atoms with Crippen molar-refractivity contribution in [3.63, 3.8) is 0 Å². The van der Waals surface area contributed by atoms with Gasteiger partial charge in [-0.05, 0) is 18.2 Å². The molecule has 0 aliphatic rings. The van der Waals surface area contributed by atoms with Crippen molar-refractivity contribution in [1.82, 2.24) is 0 Å². The zero-order valence-electron chi connectivity index (χ0n) is 11.3. The van der Waals surface area contributed by atoms with Crippen molar-refractivity contribution in [3.05, 3.63) is 58.1 Å². The van der Waals surface area contributed by atoms with Crippen LogP contribution in [0.25, 0.3) is 0 Å². The Morgan fingerprint density at radius 2 is 1.87 bits per heavy atom. The second-order valence-corrected chi connectivity index (χ2v) is 6.08. The molecule has 0 aliphatic heterocycles. The molecule has 23 heavy (non-hydrogen) atoms. The van der Waals surface area contributed by atoms with E-state index in [1.165, 1.54) is 12.1 Å². The Labute approximate surface area is 130 Å². The lowest BCUT2D eigenvalue weighted by molar-refractivity contribution is -0.385. The number of benzene rings is 2. The van der Waals surface area contributed by atoms with Crippen molar-refractivity contribution >= 4 is 27.4 Å². The number of anilines is 1. The van der Waals surface area contributed by atoms with Gasteiger partial charge in [0.05, 0.1) is 15.5 Å². The van der Waals surface area contributed by atoms with E-state index in [1.54, 1.807) is 0 Å². The fourth-order valence-electron chi connectivity index (χ4n) is 1.75. The van der Waals surface area contributed by atoms with Gasteiger partial charge in [0.2, 0.25) is 0 Å². The Morgan fingerprint density at radius 3 is 2.43 bits per heavy atom. The van der Waals surface area contributed by atoms with E-state index in [4.69, 9.17) is 5.11 Å². The predicted molar refractivity (Wildman–Crippen MR) is 79.0 cm³/mol. The Morgan fingerprint density at radius 1 is 1.17 bits per heavy atom. The van der Waals surface area contributed by atoms with Crippen molar-refractivity contribution in [2.75, 3.05) is 4.72 Å². The van der Waals surface area contributed by atoms with Crippen LogP contribution in [0.5, 0.6) is 5.75 Å². The third-order valence-corrected chi connectivity index (χ3v) is 4.20. The maximum absolute atomic E-state index is 12.2. The van der Waals surface area contributed by atoms with Gasteiger partial charge in [-0.3, -0.25) is 14.8 Å². The van der Waals surface area contributed by atoms with Crippen LogP contribution in [0.2, 0.25) is 0 Å². The van der Waals surface area contributed by atoms with Gasteiger partial charge in [0.25, 0.3) is 15.7 Å². The standard InChI is InChI=1S/C13H10N2O7S/c16-12-6-8(4-5-11(12)13(17)18)14-23(21,22)10-3-1-2-9(7-10)15(19)20/h1-7,14,16H,(H,17,18). The summed E-state index contributed by atoms with van der Waals surface area (Å²) in [6.45, 7) is 0. The fraction of sp³-hybridized carbons (Fsp3) is 0. The molecule has 0 spiro atoms. The van der Waals surface area contributed by atoms with Crippen molar-refractivity contribution in [2.24, 2.45) is 0 Å². The summed E-state index contributed by atoms with van der Waals surface area (Å²) in [6.07, 6.45) is 0. The molecule has 120 valence electrons. The van der Waals surface area contributed by atoms with Crippen LogP contribution in [-0.4, -0.2) is 29.5 Å². The largest absolute Gasteiger partial charge is 0.507 e. The van der Waals surface area contributed by atoms with Crippen LogP contribution in [0, 0.1) is 10.1 Å². The molecule has 0 aromatic heterocycles. The number of phenols is 1. The summed E-state index contributed by atoms with van der Waals surface area (Å²) < 4.78 is 26.5. The van der Waals surface area contributed by atoms with E-state index in [9.17, 15) is 28.4 Å². The van der Waals surface area contributed by atoms with Crippen LogP contribution in [0.3, 0.4) is 0 Å². The van der Waals surface area contributed by atoms with Gasteiger partial charge >= 0.3 is 5.97 Å². The van der Waals surface area contributed by atoms with Gasteiger partial charge < -0.3 is 10.2 Å². The van der Waals surface area contributed by atoms with Gasteiger partial charge in [0.1, 0.15) is 11.3 Å². The summed E-state index contributed by atoms with van der Waals surface area (Å²) in [5.74, 6) is -1.98. The van der Waals surface area contributed by atoms with Gasteiger partial charge in [-0.25, -0.2) is 13.2 Å². The number of carboxylic acids is 1. The molecule has 3 N–H and O–H groups in total. The van der Waals surface area contributed by atoms with Crippen LogP contribution in [0.1, 0.15) is 10.4 Å². The van der Waals surface area contributed by atoms with E-state index in [2.05, 4.69) is 4.72 Å². The lowest BCUT2D eigenvalue weighted by Crippen LogP contribution is -2.13. The smallest absolute Gasteiger partial charge is 0.339 e. The number of hydrogen-bond acceptors (Lipinski definition) is 6. The minimum Gasteiger partial charge on any atom is -0.507 e. The van der Waals surface area contributed by atoms with Crippen molar-refractivity contribution in [3.8, 4) is 5.75 Å². The maximum atomic E-state index is 12.2. The minimum atomic E-state index is -4.13. The molecule has 0 amide bonds. The van der Waals surface area contributed by atoms with Crippen molar-refractivity contribution < 1.29 is 28.3 Å². The number of aromatic carboxylic acids is 1. The van der Waals surface area contributed by atoms with Crippen LogP contribution < -0.4 is 4.72 Å². The molecular weight excluding hydrogens is 328 g/mol. The Hall–Kier alpha value is -3.14. The lowest BCUT2D eigenvalue weighted by Gasteiger charge is -2.09. The molecular formula is C13H10N2O7S. The summed E-state index contributed by atoms with van der Waals surface area (Å²) in [6, 6.07) is 7.53. The van der Waals surface area contributed by atoms with Crippen molar-refractivity contribution in [1.29, 1.82) is 0 Å². The molecule has 0 unspecified atom stereocenters. The zero-order valence-corrected chi connectivity index (χ0v) is 12.1. The summed E-state index contributed by atoms with van der Waals surface area (Å²) in [5, 5.41) is 29.0. The third kappa shape index (κ3) is 3.55. The molecule has 9 nitrogen and oxygen atoms in total. The normalized spacial score (nSPS) is 11.0. The molecule has 2 aromatic carbocycles. The third-order valence-electron chi connectivity index (χ3n) is 2.82. The molecule has 0 fully saturated rings. The highest BCUT2D eigenvalue weighted by atomic mass is 32.2. The minimum absolute atomic E-state index is 0.0843. The van der Waals surface area contributed by atoms with Crippen LogP contribution in [0.15, 0.2) is 47.4 Å². The van der Waals surface area contributed by atoms with E-state index >= 15 is 0 Å². The fourth-order valence-corrected chi connectivity index (χ4v) is 2.84. The Kier molecular flexibility index (Phi) is 4.18. The number of rotatable bonds is 5. The molecule has 2 aromatic rings. The number of carboxylic acid groups (broad SMARTS) is 1. The monoisotopic (exact) mass is 338 g/mol. The second kappa shape index (κ2) is 5.93. The van der Waals surface area contributed by atoms with E-state index < -0.39 is 32.4 Å². The average Bonchev–Trinajstić information content (AvgIpc) is 2.46. The van der Waals surface area contributed by atoms with E-state index in [1.807, 2.05) is 0 Å². The second-order valence-electron chi connectivity index (χ2n) is 4.40. The van der Waals surface area contributed by atoms with Crippen LogP contribution in [0.4, 0.5) is 11.4 Å². The van der Waals surface area contributed by atoms with Gasteiger partial charge in [-0.15, -0.1) is 0 Å². The highest BCUT2D eigenvalue weighted by Crippen LogP contribution is 2.25. The number of non-ortho nitro benzene ring substituents is 1. The number of nitro groups is 1. The van der Waals surface area contributed by atoms with E-state index in [-0.39, 0.29) is 16.1 Å². The van der Waals surface area contributed by atoms with Crippen LogP contribution in [-0.2, 0) is 10.0 Å². The first-order chi connectivity index (χ1) is 10.7. The number of hydrogen-bond donors (Lipinski definition) is 3. The van der Waals surface area contributed by atoms with Crippen LogP contribution >= 0.6 is 0 Å². The first kappa shape index (κ1) is 16.2. The highest BCUT2D eigenvalue weighted by Gasteiger charge is 2.19. The summed E-state index contributed by atoms with van der Waals surface area (Å²) in [7, 11) is -4.13. The lowest BCUT2D eigenvalue weighted by atomic mass is 10.2. The van der Waals surface area contributed by atoms with Gasteiger partial charge in [-0.1, -0.05) is 6.07 Å². The van der Waals surface area contributed by atoms with E-state index in [0.29, 0.717) is 0 Å².